The van der Waals surface area contributed by atoms with Gasteiger partial charge in [-0.05, 0) is 91.4 Å². The van der Waals surface area contributed by atoms with E-state index in [1.807, 2.05) is 12.1 Å². The van der Waals surface area contributed by atoms with Crippen molar-refractivity contribution in [3.05, 3.63) is 64.3 Å². The minimum Gasteiger partial charge on any atom is -0.506 e. The number of likely N-dealkylation sites (tertiary alicyclic amines) is 1. The maximum atomic E-state index is 15.6. The number of anilines is 1. The second-order valence-electron chi connectivity index (χ2n) is 14.7. The van der Waals surface area contributed by atoms with Crippen molar-refractivity contribution in [3.63, 3.8) is 0 Å². The molecule has 4 heterocycles. The molecule has 0 spiro atoms. The Balaban J connectivity index is 0.957. The molecule has 16 heteroatoms. The number of aromatic hydroxyl groups is 1. The van der Waals surface area contributed by atoms with Crippen LogP contribution in [0.3, 0.4) is 0 Å². The molecule has 1 aromatic heterocycles. The number of piperidine rings is 2. The van der Waals surface area contributed by atoms with E-state index >= 15 is 4.39 Å². The Labute approximate surface area is 299 Å². The highest BCUT2D eigenvalue weighted by molar-refractivity contribution is 7.92. The number of ether oxygens (including phenoxy) is 1. The van der Waals surface area contributed by atoms with Crippen LogP contribution in [0.25, 0.3) is 21.8 Å². The highest BCUT2D eigenvalue weighted by atomic mass is 32.2. The van der Waals surface area contributed by atoms with Gasteiger partial charge < -0.3 is 14.7 Å². The lowest BCUT2D eigenvalue weighted by Crippen LogP contribution is -2.44. The third-order valence-corrected chi connectivity index (χ3v) is 11.8. The molecule has 1 atom stereocenters. The Hall–Kier alpha value is -4.96. The molecule has 1 unspecified atom stereocenters. The summed E-state index contributed by atoms with van der Waals surface area (Å²) in [7, 11) is -2.62. The van der Waals surface area contributed by atoms with E-state index in [0.717, 1.165) is 43.6 Å². The third kappa shape index (κ3) is 6.60. The van der Waals surface area contributed by atoms with Crippen LogP contribution in [0.5, 0.6) is 11.5 Å². The van der Waals surface area contributed by atoms with Crippen LogP contribution < -0.4 is 24.8 Å². The highest BCUT2D eigenvalue weighted by Gasteiger charge is 2.38. The lowest BCUT2D eigenvalue weighted by atomic mass is 9.85. The molecule has 52 heavy (non-hydrogen) atoms. The SMILES string of the molecule is Cn1c(=O)n(C2CCC(=O)NC2=O)c2ccc(C3CCN(CC(C)(C)CCOc4ccc5cc(O)c(N6CC(=O)NS6(=O)=O)c(F)c5c4)CC3)cc21. The fourth-order valence-electron chi connectivity index (χ4n) is 7.70. The first-order valence-corrected chi connectivity index (χ1v) is 18.7. The molecule has 14 nitrogen and oxygen atoms in total. The number of imide groups is 1. The summed E-state index contributed by atoms with van der Waals surface area (Å²) in [6.45, 7) is 6.71. The van der Waals surface area contributed by atoms with Crippen LogP contribution in [0.2, 0.25) is 0 Å². The number of carbonyl (C=O) groups excluding carboxylic acids is 3. The average Bonchev–Trinajstić information content (AvgIpc) is 3.50. The molecule has 0 bridgehead atoms. The van der Waals surface area contributed by atoms with Crippen molar-refractivity contribution in [3.8, 4) is 11.5 Å². The molecule has 3 saturated heterocycles. The maximum absolute atomic E-state index is 15.6. The van der Waals surface area contributed by atoms with E-state index in [0.29, 0.717) is 46.3 Å². The fraction of sp³-hybridized carbons (Fsp3) is 0.444. The summed E-state index contributed by atoms with van der Waals surface area (Å²) in [6, 6.07) is 11.2. The van der Waals surface area contributed by atoms with Gasteiger partial charge in [-0.15, -0.1) is 0 Å². The monoisotopic (exact) mass is 736 g/mol. The number of rotatable bonds is 9. The van der Waals surface area contributed by atoms with E-state index in [2.05, 4.69) is 30.1 Å². The summed E-state index contributed by atoms with van der Waals surface area (Å²) in [5, 5.41) is 13.2. The normalized spacial score (nSPS) is 20.1. The molecule has 276 valence electrons. The van der Waals surface area contributed by atoms with Gasteiger partial charge in [-0.1, -0.05) is 26.0 Å². The number of phenols is 1. The summed E-state index contributed by atoms with van der Waals surface area (Å²) in [4.78, 5) is 51.6. The predicted molar refractivity (Wildman–Crippen MR) is 191 cm³/mol. The van der Waals surface area contributed by atoms with Crippen molar-refractivity contribution < 1.29 is 37.0 Å². The standard InChI is InChI=1S/C36H41FN6O8S/c1-36(2,12-15-51-24-6-4-23-17-29(44)33(32(37)25(23)18-24)42-19-31(46)39-52(42,49)50)20-41-13-10-21(11-14-41)22-5-7-26-28(16-22)40(3)35(48)43(26)27-8-9-30(45)38-34(27)47/h4-7,16-18,21,27,44H,8-15,19-20H2,1-3H3,(H,39,46)(H,38,45,47). The molecule has 3 amide bonds. The second kappa shape index (κ2) is 13.2. The smallest absolute Gasteiger partial charge is 0.329 e. The van der Waals surface area contributed by atoms with Gasteiger partial charge in [-0.25, -0.2) is 18.2 Å². The van der Waals surface area contributed by atoms with Crippen molar-refractivity contribution in [2.24, 2.45) is 12.5 Å². The number of phenolic OH excluding ortho intramolecular Hbond substituents is 1. The molecule has 3 aliphatic heterocycles. The molecular formula is C36H41FN6O8S. The van der Waals surface area contributed by atoms with Crippen molar-refractivity contribution in [2.75, 3.05) is 37.1 Å². The molecule has 3 N–H and O–H groups in total. The average molecular weight is 737 g/mol. The van der Waals surface area contributed by atoms with Crippen LogP contribution in [0.4, 0.5) is 10.1 Å². The van der Waals surface area contributed by atoms with Crippen LogP contribution in [-0.2, 0) is 31.6 Å². The van der Waals surface area contributed by atoms with E-state index in [1.54, 1.807) is 28.5 Å². The van der Waals surface area contributed by atoms with Crippen molar-refractivity contribution >= 4 is 55.4 Å². The molecule has 3 fully saturated rings. The number of fused-ring (bicyclic) bond motifs is 2. The summed E-state index contributed by atoms with van der Waals surface area (Å²) < 4.78 is 51.7. The number of nitrogens with zero attached hydrogens (tertiary/aromatic N) is 4. The molecule has 0 aliphatic carbocycles. The number of imidazole rings is 1. The number of hydrogen-bond donors (Lipinski definition) is 3. The van der Waals surface area contributed by atoms with Gasteiger partial charge in [-0.2, -0.15) is 8.42 Å². The predicted octanol–water partition coefficient (Wildman–Crippen LogP) is 3.17. The summed E-state index contributed by atoms with van der Waals surface area (Å²) in [5.74, 6) is -2.46. The second-order valence-corrected chi connectivity index (χ2v) is 16.3. The Kier molecular flexibility index (Phi) is 9.01. The molecular weight excluding hydrogens is 695 g/mol. The number of nitrogens with one attached hydrogen (secondary N) is 2. The molecule has 3 aliphatic rings. The quantitative estimate of drug-likeness (QED) is 0.218. The Morgan fingerprint density at radius 2 is 1.73 bits per heavy atom. The third-order valence-electron chi connectivity index (χ3n) is 10.5. The van der Waals surface area contributed by atoms with Gasteiger partial charge in [0, 0.05) is 25.4 Å². The van der Waals surface area contributed by atoms with Crippen LogP contribution in [-0.4, -0.2) is 78.1 Å². The van der Waals surface area contributed by atoms with Gasteiger partial charge in [0.25, 0.3) is 5.91 Å². The number of benzene rings is 3. The zero-order chi connectivity index (χ0) is 37.1. The van der Waals surface area contributed by atoms with Gasteiger partial charge in [-0.3, -0.25) is 28.8 Å². The maximum Gasteiger partial charge on any atom is 0.329 e. The highest BCUT2D eigenvalue weighted by Crippen LogP contribution is 2.40. The Morgan fingerprint density at radius 1 is 0.981 bits per heavy atom. The largest absolute Gasteiger partial charge is 0.506 e. The number of carbonyl (C=O) groups is 3. The zero-order valence-electron chi connectivity index (χ0n) is 29.1. The number of amides is 3. The minimum atomic E-state index is -4.32. The van der Waals surface area contributed by atoms with Crippen LogP contribution in [0.15, 0.2) is 47.3 Å². The first-order chi connectivity index (χ1) is 24.6. The first-order valence-electron chi connectivity index (χ1n) is 17.3. The summed E-state index contributed by atoms with van der Waals surface area (Å²) >= 11 is 0. The molecule has 0 saturated carbocycles. The van der Waals surface area contributed by atoms with E-state index in [-0.39, 0.29) is 28.8 Å². The molecule has 3 aromatic carbocycles. The summed E-state index contributed by atoms with van der Waals surface area (Å²) in [5.41, 5.74) is 1.61. The van der Waals surface area contributed by atoms with Gasteiger partial charge in [0.05, 0.1) is 17.6 Å². The number of aryl methyl sites for hydroxylation is 1. The van der Waals surface area contributed by atoms with Gasteiger partial charge >= 0.3 is 15.9 Å². The lowest BCUT2D eigenvalue weighted by molar-refractivity contribution is -0.135. The number of aromatic nitrogens is 2. The number of halogens is 1. The summed E-state index contributed by atoms with van der Waals surface area (Å²) in [6.07, 6.45) is 3.09. The zero-order valence-corrected chi connectivity index (χ0v) is 30.0. The van der Waals surface area contributed by atoms with Crippen molar-refractivity contribution in [1.29, 1.82) is 0 Å². The fourth-order valence-corrected chi connectivity index (χ4v) is 8.86. The van der Waals surface area contributed by atoms with E-state index in [1.165, 1.54) is 16.7 Å². The molecule has 4 aromatic rings. The number of hydrogen-bond acceptors (Lipinski definition) is 9. The minimum absolute atomic E-state index is 0.0511. The van der Waals surface area contributed by atoms with Crippen molar-refractivity contribution in [2.45, 2.75) is 57.9 Å². The molecule has 7 rings (SSSR count). The van der Waals surface area contributed by atoms with E-state index < -0.39 is 51.9 Å². The van der Waals surface area contributed by atoms with Crippen LogP contribution in [0.1, 0.15) is 63.5 Å². The van der Waals surface area contributed by atoms with Crippen LogP contribution in [0, 0.1) is 11.2 Å². The van der Waals surface area contributed by atoms with Gasteiger partial charge in [0.2, 0.25) is 11.8 Å². The van der Waals surface area contributed by atoms with Gasteiger partial charge in [0.15, 0.2) is 5.82 Å². The van der Waals surface area contributed by atoms with Crippen LogP contribution >= 0.6 is 0 Å². The topological polar surface area (TPSA) is 172 Å². The first kappa shape index (κ1) is 35.4. The Morgan fingerprint density at radius 3 is 2.42 bits per heavy atom. The lowest BCUT2D eigenvalue weighted by Gasteiger charge is -2.37. The van der Waals surface area contributed by atoms with E-state index in [4.69, 9.17) is 4.74 Å². The van der Waals surface area contributed by atoms with Crippen molar-refractivity contribution in [1.82, 2.24) is 24.1 Å². The van der Waals surface area contributed by atoms with Gasteiger partial charge in [0.1, 0.15) is 29.8 Å². The van der Waals surface area contributed by atoms with E-state index in [9.17, 15) is 32.7 Å². The molecule has 0 radical (unpaired) electrons. The Bertz CT molecular complexity index is 2290.